The van der Waals surface area contributed by atoms with Crippen molar-refractivity contribution in [3.63, 3.8) is 0 Å². The van der Waals surface area contributed by atoms with Gasteiger partial charge in [-0.25, -0.2) is 4.79 Å². The number of rotatable bonds is 4. The number of urea groups is 1. The summed E-state index contributed by atoms with van der Waals surface area (Å²) in [4.78, 5) is 24.5. The average molecular weight is 267 g/mol. The number of carbonyl (C=O) groups is 2. The third-order valence-electron chi connectivity index (χ3n) is 3.37. The van der Waals surface area contributed by atoms with Crippen LogP contribution in [0.15, 0.2) is 12.4 Å². The highest BCUT2D eigenvalue weighted by Gasteiger charge is 2.42. The predicted molar refractivity (Wildman–Crippen MR) is 65.4 cm³/mol. The van der Waals surface area contributed by atoms with E-state index in [4.69, 9.17) is 5.11 Å². The molecule has 8 heteroatoms. The Balaban J connectivity index is 1.77. The van der Waals surface area contributed by atoms with E-state index in [9.17, 15) is 9.59 Å². The number of carbonyl (C=O) groups excluding carboxylic acids is 1. The molecule has 1 aliphatic heterocycles. The van der Waals surface area contributed by atoms with Crippen LogP contribution in [0.5, 0.6) is 0 Å². The van der Waals surface area contributed by atoms with E-state index in [1.54, 1.807) is 24.0 Å². The summed E-state index contributed by atoms with van der Waals surface area (Å²) in [6.45, 7) is 3.35. The summed E-state index contributed by atoms with van der Waals surface area (Å²) in [7, 11) is 0. The van der Waals surface area contributed by atoms with Gasteiger partial charge in [-0.15, -0.1) is 5.10 Å². The quantitative estimate of drug-likeness (QED) is 0.785. The smallest absolute Gasteiger partial charge is 0.317 e. The van der Waals surface area contributed by atoms with Gasteiger partial charge in [-0.1, -0.05) is 5.21 Å². The van der Waals surface area contributed by atoms with Crippen molar-refractivity contribution in [3.05, 3.63) is 12.4 Å². The fraction of sp³-hybridized carbons (Fsp3) is 0.636. The van der Waals surface area contributed by atoms with Crippen molar-refractivity contribution in [3.8, 4) is 0 Å². The minimum absolute atomic E-state index is 0.231. The zero-order valence-corrected chi connectivity index (χ0v) is 10.7. The second kappa shape index (κ2) is 5.25. The maximum absolute atomic E-state index is 11.9. The van der Waals surface area contributed by atoms with Gasteiger partial charge in [-0.2, -0.15) is 0 Å². The Bertz CT molecular complexity index is 461. The molecule has 1 aliphatic rings. The molecular formula is C11H17N5O3. The molecule has 1 aromatic heterocycles. The average Bonchev–Trinajstić information content (AvgIpc) is 2.99. The first kappa shape index (κ1) is 13.3. The highest BCUT2D eigenvalue weighted by molar-refractivity contribution is 5.79. The zero-order chi connectivity index (χ0) is 13.9. The third kappa shape index (κ3) is 3.01. The van der Waals surface area contributed by atoms with Crippen molar-refractivity contribution in [2.24, 2.45) is 5.41 Å². The van der Waals surface area contributed by atoms with Crippen LogP contribution in [-0.2, 0) is 11.3 Å². The molecule has 1 unspecified atom stereocenters. The van der Waals surface area contributed by atoms with Gasteiger partial charge in [0.15, 0.2) is 0 Å². The lowest BCUT2D eigenvalue weighted by atomic mass is 9.90. The van der Waals surface area contributed by atoms with Gasteiger partial charge < -0.3 is 15.3 Å². The summed E-state index contributed by atoms with van der Waals surface area (Å²) < 4.78 is 1.62. The lowest BCUT2D eigenvalue weighted by Crippen LogP contribution is -2.41. The number of hydrogen-bond donors (Lipinski definition) is 2. The van der Waals surface area contributed by atoms with E-state index in [0.29, 0.717) is 26.1 Å². The predicted octanol–water partition coefficient (Wildman–Crippen LogP) is -0.216. The van der Waals surface area contributed by atoms with Crippen molar-refractivity contribution < 1.29 is 14.7 Å². The van der Waals surface area contributed by atoms with E-state index in [0.717, 1.165) is 0 Å². The summed E-state index contributed by atoms with van der Waals surface area (Å²) in [5.74, 6) is -0.856. The Labute approximate surface area is 110 Å². The first-order chi connectivity index (χ1) is 9.01. The van der Waals surface area contributed by atoms with Gasteiger partial charge in [0.2, 0.25) is 0 Å². The second-order valence-electron chi connectivity index (χ2n) is 4.94. The molecular weight excluding hydrogens is 250 g/mol. The molecule has 0 saturated carbocycles. The summed E-state index contributed by atoms with van der Waals surface area (Å²) >= 11 is 0. The summed E-state index contributed by atoms with van der Waals surface area (Å²) in [6.07, 6.45) is 3.77. The minimum atomic E-state index is -0.856. The maximum atomic E-state index is 11.9. The van der Waals surface area contributed by atoms with Gasteiger partial charge in [-0.3, -0.25) is 9.48 Å². The first-order valence-electron chi connectivity index (χ1n) is 6.11. The second-order valence-corrected chi connectivity index (χ2v) is 4.94. The number of nitrogens with one attached hydrogen (secondary N) is 1. The lowest BCUT2D eigenvalue weighted by Gasteiger charge is -2.20. The molecule has 0 radical (unpaired) electrons. The van der Waals surface area contributed by atoms with E-state index < -0.39 is 11.4 Å². The highest BCUT2D eigenvalue weighted by atomic mass is 16.4. The van der Waals surface area contributed by atoms with Crippen LogP contribution in [0, 0.1) is 5.41 Å². The van der Waals surface area contributed by atoms with Crippen molar-refractivity contribution in [1.29, 1.82) is 0 Å². The molecule has 2 heterocycles. The molecule has 2 amide bonds. The molecule has 8 nitrogen and oxygen atoms in total. The SMILES string of the molecule is CC1(C(=O)O)CCN(C(=O)NCCn2ccnn2)C1. The highest BCUT2D eigenvalue weighted by Crippen LogP contribution is 2.29. The molecule has 19 heavy (non-hydrogen) atoms. The molecule has 0 spiro atoms. The maximum Gasteiger partial charge on any atom is 0.317 e. The van der Waals surface area contributed by atoms with E-state index >= 15 is 0 Å². The number of carboxylic acid groups (broad SMARTS) is 1. The summed E-state index contributed by atoms with van der Waals surface area (Å²) in [5.41, 5.74) is -0.830. The third-order valence-corrected chi connectivity index (χ3v) is 3.37. The van der Waals surface area contributed by atoms with Gasteiger partial charge >= 0.3 is 12.0 Å². The molecule has 1 aromatic rings. The zero-order valence-electron chi connectivity index (χ0n) is 10.7. The van der Waals surface area contributed by atoms with Crippen LogP contribution >= 0.6 is 0 Å². The minimum Gasteiger partial charge on any atom is -0.481 e. The largest absolute Gasteiger partial charge is 0.481 e. The van der Waals surface area contributed by atoms with Crippen LogP contribution in [0.25, 0.3) is 0 Å². The number of nitrogens with zero attached hydrogens (tertiary/aromatic N) is 4. The monoisotopic (exact) mass is 267 g/mol. The van der Waals surface area contributed by atoms with Gasteiger partial charge in [0.1, 0.15) is 0 Å². The molecule has 0 bridgehead atoms. The van der Waals surface area contributed by atoms with Gasteiger partial charge in [-0.05, 0) is 13.3 Å². The van der Waals surface area contributed by atoms with Crippen LogP contribution < -0.4 is 5.32 Å². The summed E-state index contributed by atoms with van der Waals surface area (Å²) in [6, 6.07) is -0.231. The Morgan fingerprint density at radius 1 is 1.53 bits per heavy atom. The fourth-order valence-electron chi connectivity index (χ4n) is 2.05. The van der Waals surface area contributed by atoms with Crippen molar-refractivity contribution >= 4 is 12.0 Å². The molecule has 2 N–H and O–H groups in total. The fourth-order valence-corrected chi connectivity index (χ4v) is 2.05. The van der Waals surface area contributed by atoms with Gasteiger partial charge in [0.05, 0.1) is 18.2 Å². The Hall–Kier alpha value is -2.12. The van der Waals surface area contributed by atoms with Crippen molar-refractivity contribution in [2.45, 2.75) is 19.9 Å². The first-order valence-corrected chi connectivity index (χ1v) is 6.11. The van der Waals surface area contributed by atoms with Crippen LogP contribution in [0.3, 0.4) is 0 Å². The van der Waals surface area contributed by atoms with Gasteiger partial charge in [0, 0.05) is 25.8 Å². The van der Waals surface area contributed by atoms with Crippen LogP contribution in [0.2, 0.25) is 0 Å². The number of amides is 2. The van der Waals surface area contributed by atoms with E-state index in [1.165, 1.54) is 4.90 Å². The molecule has 0 aromatic carbocycles. The lowest BCUT2D eigenvalue weighted by molar-refractivity contribution is -0.146. The number of carboxylic acids is 1. The number of hydrogen-bond acceptors (Lipinski definition) is 4. The molecule has 104 valence electrons. The normalized spacial score (nSPS) is 22.5. The molecule has 1 saturated heterocycles. The van der Waals surface area contributed by atoms with Crippen LogP contribution in [0.4, 0.5) is 4.79 Å². The molecule has 2 rings (SSSR count). The Morgan fingerprint density at radius 3 is 2.89 bits per heavy atom. The topological polar surface area (TPSA) is 100 Å². The van der Waals surface area contributed by atoms with E-state index in [2.05, 4.69) is 15.6 Å². The number of aromatic nitrogens is 3. The summed E-state index contributed by atoms with van der Waals surface area (Å²) in [5, 5.41) is 19.3. The van der Waals surface area contributed by atoms with Crippen LogP contribution in [-0.4, -0.2) is 56.6 Å². The van der Waals surface area contributed by atoms with E-state index in [-0.39, 0.29) is 12.6 Å². The molecule has 1 fully saturated rings. The van der Waals surface area contributed by atoms with Crippen molar-refractivity contribution in [2.75, 3.05) is 19.6 Å². The van der Waals surface area contributed by atoms with Gasteiger partial charge in [0.25, 0.3) is 0 Å². The van der Waals surface area contributed by atoms with Crippen LogP contribution in [0.1, 0.15) is 13.3 Å². The molecule has 1 atom stereocenters. The standard InChI is InChI=1S/C11H17N5O3/c1-11(9(17)18)2-5-15(8-11)10(19)12-3-6-16-7-4-13-14-16/h4,7H,2-3,5-6,8H2,1H3,(H,12,19)(H,17,18). The molecule has 0 aliphatic carbocycles. The number of likely N-dealkylation sites (tertiary alicyclic amines) is 1. The Morgan fingerprint density at radius 2 is 2.32 bits per heavy atom. The van der Waals surface area contributed by atoms with E-state index in [1.807, 2.05) is 0 Å². The van der Waals surface area contributed by atoms with Crippen molar-refractivity contribution in [1.82, 2.24) is 25.2 Å². The Kier molecular flexibility index (Phi) is 3.68. The number of aliphatic carboxylic acids is 1.